The number of anilines is 1. The molecule has 0 fully saturated rings. The van der Waals surface area contributed by atoms with Crippen LogP contribution in [0.2, 0.25) is 0 Å². The van der Waals surface area contributed by atoms with Crippen LogP contribution < -0.4 is 4.90 Å². The Bertz CT molecular complexity index is 933. The SMILES string of the molecule is CC(=O)N1c2ccc(-c3cn4cc(Br)cnc4n3)cc2CC1C. The highest BCUT2D eigenvalue weighted by atomic mass is 79.9. The normalized spacial score (nSPS) is 16.8. The summed E-state index contributed by atoms with van der Waals surface area (Å²) in [6, 6.07) is 6.37. The summed E-state index contributed by atoms with van der Waals surface area (Å²) >= 11 is 3.42. The Morgan fingerprint density at radius 2 is 2.17 bits per heavy atom. The number of aromatic nitrogens is 3. The van der Waals surface area contributed by atoms with Crippen LogP contribution in [0.3, 0.4) is 0 Å². The third kappa shape index (κ3) is 2.34. The first-order valence-corrected chi connectivity index (χ1v) is 8.25. The van der Waals surface area contributed by atoms with Crippen molar-refractivity contribution in [2.75, 3.05) is 4.90 Å². The topological polar surface area (TPSA) is 50.5 Å². The molecule has 1 aliphatic rings. The maximum Gasteiger partial charge on any atom is 0.234 e. The Labute approximate surface area is 142 Å². The first-order valence-electron chi connectivity index (χ1n) is 7.46. The molecule has 0 bridgehead atoms. The summed E-state index contributed by atoms with van der Waals surface area (Å²) in [5.74, 6) is 0.758. The zero-order valence-corrected chi connectivity index (χ0v) is 14.4. The molecule has 0 spiro atoms. The van der Waals surface area contributed by atoms with E-state index in [4.69, 9.17) is 0 Å². The highest BCUT2D eigenvalue weighted by molar-refractivity contribution is 9.10. The molecule has 6 heteroatoms. The van der Waals surface area contributed by atoms with Crippen molar-refractivity contribution in [2.24, 2.45) is 0 Å². The Morgan fingerprint density at radius 3 is 2.96 bits per heavy atom. The van der Waals surface area contributed by atoms with Gasteiger partial charge >= 0.3 is 0 Å². The number of hydrogen-bond donors (Lipinski definition) is 0. The number of carbonyl (C=O) groups excluding carboxylic acids is 1. The molecule has 0 radical (unpaired) electrons. The Kier molecular flexibility index (Phi) is 3.23. The molecule has 1 amide bonds. The number of carbonyl (C=O) groups is 1. The number of nitrogens with zero attached hydrogens (tertiary/aromatic N) is 4. The highest BCUT2D eigenvalue weighted by Crippen LogP contribution is 2.35. The summed E-state index contributed by atoms with van der Waals surface area (Å²) in [7, 11) is 0. The number of fused-ring (bicyclic) bond motifs is 2. The van der Waals surface area contributed by atoms with E-state index in [2.05, 4.69) is 38.9 Å². The average Bonchev–Trinajstić information content (AvgIpc) is 3.05. The molecule has 0 saturated heterocycles. The molecule has 23 heavy (non-hydrogen) atoms. The molecule has 0 saturated carbocycles. The summed E-state index contributed by atoms with van der Waals surface area (Å²) < 4.78 is 2.81. The average molecular weight is 371 g/mol. The maximum atomic E-state index is 11.8. The van der Waals surface area contributed by atoms with Crippen LogP contribution in [0.1, 0.15) is 19.4 Å². The smallest absolute Gasteiger partial charge is 0.234 e. The van der Waals surface area contributed by atoms with Crippen molar-refractivity contribution in [2.45, 2.75) is 26.3 Å². The van der Waals surface area contributed by atoms with Crippen LogP contribution in [0.4, 0.5) is 5.69 Å². The van der Waals surface area contributed by atoms with E-state index in [1.54, 1.807) is 13.1 Å². The summed E-state index contributed by atoms with van der Waals surface area (Å²) in [5, 5.41) is 0. The lowest BCUT2D eigenvalue weighted by molar-refractivity contribution is -0.116. The van der Waals surface area contributed by atoms with Crippen molar-refractivity contribution in [3.8, 4) is 11.3 Å². The largest absolute Gasteiger partial charge is 0.309 e. The lowest BCUT2D eigenvalue weighted by Crippen LogP contribution is -2.33. The molecule has 1 atom stereocenters. The minimum absolute atomic E-state index is 0.0887. The van der Waals surface area contributed by atoms with Gasteiger partial charge in [0.2, 0.25) is 11.7 Å². The Morgan fingerprint density at radius 1 is 1.35 bits per heavy atom. The fourth-order valence-electron chi connectivity index (χ4n) is 3.27. The van der Waals surface area contributed by atoms with E-state index in [1.807, 2.05) is 33.8 Å². The van der Waals surface area contributed by atoms with Gasteiger partial charge < -0.3 is 4.90 Å². The van der Waals surface area contributed by atoms with Gasteiger partial charge in [-0.15, -0.1) is 0 Å². The first-order chi connectivity index (χ1) is 11.0. The van der Waals surface area contributed by atoms with Gasteiger partial charge in [0.1, 0.15) is 0 Å². The van der Waals surface area contributed by atoms with E-state index >= 15 is 0 Å². The van der Waals surface area contributed by atoms with Crippen LogP contribution in [-0.2, 0) is 11.2 Å². The first kappa shape index (κ1) is 14.4. The molecule has 0 aliphatic carbocycles. The standard InChI is InChI=1S/C17H15BrN4O/c1-10-5-13-6-12(3-4-16(13)22(10)11(2)23)15-9-21-8-14(18)7-19-17(21)20-15/h3-4,6-10H,5H2,1-2H3. The lowest BCUT2D eigenvalue weighted by Gasteiger charge is -2.20. The highest BCUT2D eigenvalue weighted by Gasteiger charge is 2.29. The number of benzene rings is 1. The van der Waals surface area contributed by atoms with Crippen LogP contribution in [0.5, 0.6) is 0 Å². The van der Waals surface area contributed by atoms with Crippen molar-refractivity contribution in [1.82, 2.24) is 14.4 Å². The summed E-state index contributed by atoms with van der Waals surface area (Å²) in [6.45, 7) is 3.69. The molecule has 5 nitrogen and oxygen atoms in total. The minimum Gasteiger partial charge on any atom is -0.309 e. The fraction of sp³-hybridized carbons (Fsp3) is 0.235. The second-order valence-electron chi connectivity index (χ2n) is 5.89. The van der Waals surface area contributed by atoms with E-state index in [0.29, 0.717) is 5.78 Å². The number of imidazole rings is 1. The molecule has 3 heterocycles. The molecule has 3 aromatic rings. The zero-order chi connectivity index (χ0) is 16.1. The molecular formula is C17H15BrN4O. The molecule has 4 rings (SSSR count). The summed E-state index contributed by atoms with van der Waals surface area (Å²) in [6.07, 6.45) is 6.52. The molecule has 2 aromatic heterocycles. The number of rotatable bonds is 1. The summed E-state index contributed by atoms with van der Waals surface area (Å²) in [4.78, 5) is 22.6. The predicted molar refractivity (Wildman–Crippen MR) is 92.4 cm³/mol. The van der Waals surface area contributed by atoms with Crippen molar-refractivity contribution in [3.63, 3.8) is 0 Å². The van der Waals surface area contributed by atoms with Gasteiger partial charge in [0.15, 0.2) is 0 Å². The van der Waals surface area contributed by atoms with Crippen LogP contribution >= 0.6 is 15.9 Å². The van der Waals surface area contributed by atoms with Crippen molar-refractivity contribution >= 4 is 33.3 Å². The predicted octanol–water partition coefficient (Wildman–Crippen LogP) is 3.46. The second-order valence-corrected chi connectivity index (χ2v) is 6.81. The fourth-order valence-corrected chi connectivity index (χ4v) is 3.59. The van der Waals surface area contributed by atoms with Gasteiger partial charge in [-0.1, -0.05) is 6.07 Å². The number of hydrogen-bond acceptors (Lipinski definition) is 3. The number of halogens is 1. The van der Waals surface area contributed by atoms with Crippen molar-refractivity contribution in [1.29, 1.82) is 0 Å². The van der Waals surface area contributed by atoms with Crippen molar-refractivity contribution in [3.05, 3.63) is 46.8 Å². The van der Waals surface area contributed by atoms with E-state index in [9.17, 15) is 4.79 Å². The number of amides is 1. The van der Waals surface area contributed by atoms with Gasteiger partial charge in [-0.05, 0) is 47.0 Å². The van der Waals surface area contributed by atoms with Gasteiger partial charge in [0, 0.05) is 42.8 Å². The summed E-state index contributed by atoms with van der Waals surface area (Å²) in [5.41, 5.74) is 4.13. The monoisotopic (exact) mass is 370 g/mol. The van der Waals surface area contributed by atoms with Crippen LogP contribution in [0.15, 0.2) is 41.3 Å². The Hall–Kier alpha value is -2.21. The van der Waals surface area contributed by atoms with Gasteiger partial charge in [-0.25, -0.2) is 9.97 Å². The molecule has 1 aromatic carbocycles. The molecule has 116 valence electrons. The van der Waals surface area contributed by atoms with E-state index in [0.717, 1.165) is 27.8 Å². The van der Waals surface area contributed by atoms with Crippen LogP contribution in [0, 0.1) is 0 Å². The molecule has 1 aliphatic heterocycles. The minimum atomic E-state index is 0.0887. The van der Waals surface area contributed by atoms with E-state index in [1.165, 1.54) is 5.56 Å². The van der Waals surface area contributed by atoms with Crippen LogP contribution in [-0.4, -0.2) is 26.3 Å². The lowest BCUT2D eigenvalue weighted by atomic mass is 10.1. The van der Waals surface area contributed by atoms with E-state index in [-0.39, 0.29) is 11.9 Å². The maximum absolute atomic E-state index is 11.8. The molecule has 0 N–H and O–H groups in total. The van der Waals surface area contributed by atoms with Gasteiger partial charge in [0.05, 0.1) is 10.2 Å². The van der Waals surface area contributed by atoms with E-state index < -0.39 is 0 Å². The zero-order valence-electron chi connectivity index (χ0n) is 12.8. The van der Waals surface area contributed by atoms with Crippen LogP contribution in [0.25, 0.3) is 17.0 Å². The van der Waals surface area contributed by atoms with Crippen molar-refractivity contribution < 1.29 is 4.79 Å². The third-order valence-electron chi connectivity index (χ3n) is 4.21. The molecule has 1 unspecified atom stereocenters. The van der Waals surface area contributed by atoms with Gasteiger partial charge in [0.25, 0.3) is 0 Å². The quantitative estimate of drug-likeness (QED) is 0.658. The van der Waals surface area contributed by atoms with Gasteiger partial charge in [-0.3, -0.25) is 9.20 Å². The second kappa shape index (κ2) is 5.16. The van der Waals surface area contributed by atoms with Gasteiger partial charge in [-0.2, -0.15) is 0 Å². The third-order valence-corrected chi connectivity index (χ3v) is 4.62. The Balaban J connectivity index is 1.78. The molecular weight excluding hydrogens is 356 g/mol.